The van der Waals surface area contributed by atoms with E-state index < -0.39 is 0 Å². The van der Waals surface area contributed by atoms with Gasteiger partial charge in [0.05, 0.1) is 0 Å². The van der Waals surface area contributed by atoms with Crippen LogP contribution in [0.2, 0.25) is 0 Å². The van der Waals surface area contributed by atoms with E-state index in [0.29, 0.717) is 17.7 Å². The predicted octanol–water partition coefficient (Wildman–Crippen LogP) is 1.95. The minimum absolute atomic E-state index is 0.141. The number of alkyl halides is 1. The van der Waals surface area contributed by atoms with Crippen LogP contribution in [-0.4, -0.2) is 23.2 Å². The van der Waals surface area contributed by atoms with Crippen LogP contribution >= 0.6 is 11.6 Å². The van der Waals surface area contributed by atoms with Crippen LogP contribution in [0.5, 0.6) is 0 Å². The maximum absolute atomic E-state index is 5.53. The molecule has 1 unspecified atom stereocenters. The number of rotatable bonds is 5. The van der Waals surface area contributed by atoms with E-state index in [1.807, 2.05) is 6.92 Å². The number of methoxy groups -OCH3 is 1. The van der Waals surface area contributed by atoms with E-state index in [2.05, 4.69) is 10.2 Å². The van der Waals surface area contributed by atoms with Crippen LogP contribution in [0, 0.1) is 0 Å². The summed E-state index contributed by atoms with van der Waals surface area (Å²) in [5.74, 6) is 1.75. The maximum Gasteiger partial charge on any atom is 0.244 e. The van der Waals surface area contributed by atoms with Crippen molar-refractivity contribution in [1.29, 1.82) is 0 Å². The molecule has 0 radical (unpaired) electrons. The van der Waals surface area contributed by atoms with Gasteiger partial charge in [0.15, 0.2) is 0 Å². The number of halogens is 1. The molecule has 0 spiro atoms. The lowest BCUT2D eigenvalue weighted by molar-refractivity contribution is 0.0936. The highest BCUT2D eigenvalue weighted by Crippen LogP contribution is 2.14. The van der Waals surface area contributed by atoms with Gasteiger partial charge in [-0.2, -0.15) is 0 Å². The van der Waals surface area contributed by atoms with Crippen molar-refractivity contribution in [3.8, 4) is 0 Å². The minimum atomic E-state index is -0.141. The van der Waals surface area contributed by atoms with Gasteiger partial charge in [-0.3, -0.25) is 0 Å². The average Bonchev–Trinajstić information content (AvgIpc) is 2.62. The largest absolute Gasteiger partial charge is 0.422 e. The van der Waals surface area contributed by atoms with Crippen LogP contribution < -0.4 is 0 Å². The molecule has 0 saturated heterocycles. The van der Waals surface area contributed by atoms with Crippen molar-refractivity contribution in [2.75, 3.05) is 13.0 Å². The first-order valence-electron chi connectivity index (χ1n) is 4.19. The van der Waals surface area contributed by atoms with Gasteiger partial charge in [0.1, 0.15) is 6.10 Å². The molecular formula is C8H13ClN2O2. The molecule has 13 heavy (non-hydrogen) atoms. The summed E-state index contributed by atoms with van der Waals surface area (Å²) >= 11 is 5.53. The molecule has 0 aromatic carbocycles. The Morgan fingerprint density at radius 3 is 2.92 bits per heavy atom. The van der Waals surface area contributed by atoms with Crippen LogP contribution in [0.4, 0.5) is 0 Å². The number of aryl methyl sites for hydroxylation is 1. The Hall–Kier alpha value is -0.610. The molecule has 1 aromatic heterocycles. The summed E-state index contributed by atoms with van der Waals surface area (Å²) in [5, 5.41) is 7.72. The fraction of sp³-hybridized carbons (Fsp3) is 0.750. The normalized spacial score (nSPS) is 13.2. The Morgan fingerprint density at radius 1 is 1.54 bits per heavy atom. The zero-order chi connectivity index (χ0) is 9.68. The molecule has 0 aliphatic carbocycles. The number of nitrogens with zero attached hydrogens (tertiary/aromatic N) is 2. The molecule has 0 bridgehead atoms. The van der Waals surface area contributed by atoms with Crippen LogP contribution in [0.1, 0.15) is 31.2 Å². The van der Waals surface area contributed by atoms with Crippen molar-refractivity contribution in [3.05, 3.63) is 11.8 Å². The Balaban J connectivity index is 2.53. The lowest BCUT2D eigenvalue weighted by Crippen LogP contribution is -1.95. The average molecular weight is 205 g/mol. The van der Waals surface area contributed by atoms with Gasteiger partial charge in [-0.05, 0) is 13.3 Å². The Labute approximate surface area is 82.2 Å². The molecule has 1 aromatic rings. The molecular weight excluding hydrogens is 192 g/mol. The Bertz CT molecular complexity index is 252. The number of ether oxygens (including phenoxy) is 1. The molecule has 0 saturated carbocycles. The van der Waals surface area contributed by atoms with Crippen molar-refractivity contribution in [1.82, 2.24) is 10.2 Å². The highest BCUT2D eigenvalue weighted by Gasteiger charge is 2.12. The van der Waals surface area contributed by atoms with E-state index in [1.165, 1.54) is 0 Å². The second-order valence-electron chi connectivity index (χ2n) is 2.70. The van der Waals surface area contributed by atoms with E-state index in [0.717, 1.165) is 12.8 Å². The summed E-state index contributed by atoms with van der Waals surface area (Å²) in [4.78, 5) is 0. The van der Waals surface area contributed by atoms with Gasteiger partial charge in [-0.15, -0.1) is 21.8 Å². The first kappa shape index (κ1) is 10.5. The standard InChI is InChI=1S/C8H13ClN2O2/c1-6(12-2)8-11-10-7(13-8)4-3-5-9/h6H,3-5H2,1-2H3. The second-order valence-corrected chi connectivity index (χ2v) is 3.08. The monoisotopic (exact) mass is 204 g/mol. The molecule has 4 nitrogen and oxygen atoms in total. The van der Waals surface area contributed by atoms with Crippen molar-refractivity contribution in [2.24, 2.45) is 0 Å². The molecule has 1 heterocycles. The molecule has 0 aliphatic heterocycles. The lowest BCUT2D eigenvalue weighted by Gasteiger charge is -2.01. The molecule has 1 atom stereocenters. The van der Waals surface area contributed by atoms with Crippen molar-refractivity contribution in [3.63, 3.8) is 0 Å². The van der Waals surface area contributed by atoms with E-state index in [1.54, 1.807) is 7.11 Å². The summed E-state index contributed by atoms with van der Waals surface area (Å²) in [7, 11) is 1.60. The van der Waals surface area contributed by atoms with E-state index in [-0.39, 0.29) is 6.10 Å². The summed E-state index contributed by atoms with van der Waals surface area (Å²) in [6.07, 6.45) is 1.44. The first-order chi connectivity index (χ1) is 6.27. The van der Waals surface area contributed by atoms with Gasteiger partial charge in [0, 0.05) is 19.4 Å². The van der Waals surface area contributed by atoms with E-state index in [4.69, 9.17) is 20.8 Å². The summed E-state index contributed by atoms with van der Waals surface area (Å²) in [6, 6.07) is 0. The third-order valence-corrected chi connectivity index (χ3v) is 1.98. The topological polar surface area (TPSA) is 48.2 Å². The fourth-order valence-corrected chi connectivity index (χ4v) is 0.984. The third kappa shape index (κ3) is 2.97. The smallest absolute Gasteiger partial charge is 0.244 e. The molecule has 0 amide bonds. The molecule has 1 rings (SSSR count). The van der Waals surface area contributed by atoms with Crippen molar-refractivity contribution >= 4 is 11.6 Å². The predicted molar refractivity (Wildman–Crippen MR) is 48.8 cm³/mol. The zero-order valence-corrected chi connectivity index (χ0v) is 8.54. The van der Waals surface area contributed by atoms with Crippen LogP contribution in [0.3, 0.4) is 0 Å². The van der Waals surface area contributed by atoms with Gasteiger partial charge in [0.2, 0.25) is 11.8 Å². The second kappa shape index (κ2) is 5.19. The molecule has 0 N–H and O–H groups in total. The summed E-state index contributed by atoms with van der Waals surface area (Å²) < 4.78 is 10.4. The number of hydrogen-bond donors (Lipinski definition) is 0. The van der Waals surface area contributed by atoms with Crippen LogP contribution in [-0.2, 0) is 11.2 Å². The molecule has 74 valence electrons. The number of hydrogen-bond acceptors (Lipinski definition) is 4. The molecule has 0 fully saturated rings. The van der Waals surface area contributed by atoms with Gasteiger partial charge in [0.25, 0.3) is 0 Å². The molecule has 5 heteroatoms. The first-order valence-corrected chi connectivity index (χ1v) is 4.72. The van der Waals surface area contributed by atoms with Crippen LogP contribution in [0.25, 0.3) is 0 Å². The van der Waals surface area contributed by atoms with E-state index >= 15 is 0 Å². The van der Waals surface area contributed by atoms with Crippen LogP contribution in [0.15, 0.2) is 4.42 Å². The van der Waals surface area contributed by atoms with E-state index in [9.17, 15) is 0 Å². The highest BCUT2D eigenvalue weighted by atomic mass is 35.5. The summed E-state index contributed by atoms with van der Waals surface area (Å²) in [6.45, 7) is 1.86. The molecule has 0 aliphatic rings. The third-order valence-electron chi connectivity index (χ3n) is 1.71. The minimum Gasteiger partial charge on any atom is -0.422 e. The Morgan fingerprint density at radius 2 is 2.31 bits per heavy atom. The SMILES string of the molecule is COC(C)c1nnc(CCCCl)o1. The zero-order valence-electron chi connectivity index (χ0n) is 7.79. The van der Waals surface area contributed by atoms with Gasteiger partial charge < -0.3 is 9.15 Å². The highest BCUT2D eigenvalue weighted by molar-refractivity contribution is 6.17. The summed E-state index contributed by atoms with van der Waals surface area (Å²) in [5.41, 5.74) is 0. The van der Waals surface area contributed by atoms with Gasteiger partial charge >= 0.3 is 0 Å². The Kier molecular flexibility index (Phi) is 4.18. The van der Waals surface area contributed by atoms with Crippen molar-refractivity contribution < 1.29 is 9.15 Å². The van der Waals surface area contributed by atoms with Gasteiger partial charge in [-0.25, -0.2) is 0 Å². The quantitative estimate of drug-likeness (QED) is 0.688. The van der Waals surface area contributed by atoms with Crippen molar-refractivity contribution in [2.45, 2.75) is 25.9 Å². The lowest BCUT2D eigenvalue weighted by atomic mass is 10.3. The van der Waals surface area contributed by atoms with Gasteiger partial charge in [-0.1, -0.05) is 0 Å². The fourth-order valence-electron chi connectivity index (χ4n) is 0.851. The maximum atomic E-state index is 5.53. The number of aromatic nitrogens is 2.